The number of hydrogen-bond donors (Lipinski definition) is 1. The SMILES string of the molecule is COC(=O)/C=C/c1ccc(C)c(NS(C)(=O)=O)c1. The molecule has 18 heavy (non-hydrogen) atoms. The topological polar surface area (TPSA) is 72.5 Å². The van der Waals surface area contributed by atoms with Gasteiger partial charge in [0, 0.05) is 6.08 Å². The lowest BCUT2D eigenvalue weighted by Crippen LogP contribution is -2.10. The zero-order valence-electron chi connectivity index (χ0n) is 10.4. The fourth-order valence-corrected chi connectivity index (χ4v) is 1.90. The van der Waals surface area contributed by atoms with Crippen LogP contribution in [0, 0.1) is 6.92 Å². The Morgan fingerprint density at radius 1 is 1.39 bits per heavy atom. The normalized spacial score (nSPS) is 11.5. The van der Waals surface area contributed by atoms with Gasteiger partial charge in [-0.05, 0) is 30.2 Å². The number of anilines is 1. The minimum Gasteiger partial charge on any atom is -0.466 e. The molecule has 1 rings (SSSR count). The molecule has 0 aliphatic rings. The maximum Gasteiger partial charge on any atom is 0.330 e. The summed E-state index contributed by atoms with van der Waals surface area (Å²) >= 11 is 0. The van der Waals surface area contributed by atoms with E-state index in [4.69, 9.17) is 0 Å². The average molecular weight is 269 g/mol. The molecule has 0 bridgehead atoms. The van der Waals surface area contributed by atoms with Crippen LogP contribution in [0.25, 0.3) is 6.08 Å². The van der Waals surface area contributed by atoms with E-state index in [0.29, 0.717) is 11.3 Å². The molecule has 0 atom stereocenters. The second kappa shape index (κ2) is 5.68. The van der Waals surface area contributed by atoms with Crippen LogP contribution in [0.3, 0.4) is 0 Å². The molecule has 1 aromatic carbocycles. The molecule has 5 nitrogen and oxygen atoms in total. The number of ether oxygens (including phenoxy) is 1. The van der Waals surface area contributed by atoms with E-state index in [2.05, 4.69) is 9.46 Å². The van der Waals surface area contributed by atoms with Crippen LogP contribution in [0.1, 0.15) is 11.1 Å². The summed E-state index contributed by atoms with van der Waals surface area (Å²) in [7, 11) is -2.03. The van der Waals surface area contributed by atoms with Crippen molar-refractivity contribution in [3.8, 4) is 0 Å². The van der Waals surface area contributed by atoms with Crippen LogP contribution in [0.2, 0.25) is 0 Å². The van der Waals surface area contributed by atoms with Gasteiger partial charge in [0.25, 0.3) is 0 Å². The van der Waals surface area contributed by atoms with Crippen molar-refractivity contribution in [2.75, 3.05) is 18.1 Å². The molecule has 0 amide bonds. The first-order chi connectivity index (χ1) is 8.31. The number of nitrogens with one attached hydrogen (secondary N) is 1. The van der Waals surface area contributed by atoms with E-state index in [0.717, 1.165) is 11.8 Å². The lowest BCUT2D eigenvalue weighted by Gasteiger charge is -2.08. The van der Waals surface area contributed by atoms with Crippen molar-refractivity contribution in [1.82, 2.24) is 0 Å². The summed E-state index contributed by atoms with van der Waals surface area (Å²) in [5.41, 5.74) is 2.00. The number of rotatable bonds is 4. The monoisotopic (exact) mass is 269 g/mol. The molecule has 0 aromatic heterocycles. The van der Waals surface area contributed by atoms with Gasteiger partial charge in [-0.2, -0.15) is 0 Å². The molecule has 0 heterocycles. The third kappa shape index (κ3) is 4.58. The maximum absolute atomic E-state index is 11.2. The maximum atomic E-state index is 11.2. The van der Waals surface area contributed by atoms with Gasteiger partial charge in [-0.15, -0.1) is 0 Å². The van der Waals surface area contributed by atoms with Gasteiger partial charge in [-0.25, -0.2) is 13.2 Å². The Hall–Kier alpha value is -1.82. The van der Waals surface area contributed by atoms with Crippen molar-refractivity contribution in [2.45, 2.75) is 6.92 Å². The molecule has 98 valence electrons. The first-order valence-electron chi connectivity index (χ1n) is 5.16. The van der Waals surface area contributed by atoms with Crippen molar-refractivity contribution in [2.24, 2.45) is 0 Å². The fourth-order valence-electron chi connectivity index (χ4n) is 1.29. The minimum atomic E-state index is -3.32. The van der Waals surface area contributed by atoms with Crippen molar-refractivity contribution >= 4 is 27.8 Å². The van der Waals surface area contributed by atoms with Crippen LogP contribution < -0.4 is 4.72 Å². The van der Waals surface area contributed by atoms with Crippen LogP contribution >= 0.6 is 0 Å². The zero-order valence-corrected chi connectivity index (χ0v) is 11.2. The van der Waals surface area contributed by atoms with E-state index >= 15 is 0 Å². The molecular weight excluding hydrogens is 254 g/mol. The minimum absolute atomic E-state index is 0.465. The van der Waals surface area contributed by atoms with Crippen molar-refractivity contribution in [3.05, 3.63) is 35.4 Å². The number of esters is 1. The molecule has 1 N–H and O–H groups in total. The smallest absolute Gasteiger partial charge is 0.330 e. The van der Waals surface area contributed by atoms with Gasteiger partial charge in [0.2, 0.25) is 10.0 Å². The standard InChI is InChI=1S/C12H15NO4S/c1-9-4-5-10(6-7-12(14)17-2)8-11(9)13-18(3,15)16/h4-8,13H,1-3H3/b7-6+. The highest BCUT2D eigenvalue weighted by Crippen LogP contribution is 2.18. The highest BCUT2D eigenvalue weighted by Gasteiger charge is 2.05. The molecule has 0 aliphatic carbocycles. The number of methoxy groups -OCH3 is 1. The lowest BCUT2D eigenvalue weighted by atomic mass is 10.1. The molecule has 0 spiro atoms. The predicted molar refractivity (Wildman–Crippen MR) is 70.7 cm³/mol. The molecule has 0 fully saturated rings. The molecule has 0 saturated carbocycles. The largest absolute Gasteiger partial charge is 0.466 e. The summed E-state index contributed by atoms with van der Waals surface area (Å²) in [4.78, 5) is 10.9. The number of sulfonamides is 1. The van der Waals surface area contributed by atoms with Crippen molar-refractivity contribution in [1.29, 1.82) is 0 Å². The van der Waals surface area contributed by atoms with Gasteiger partial charge in [0.1, 0.15) is 0 Å². The Morgan fingerprint density at radius 3 is 2.61 bits per heavy atom. The number of benzene rings is 1. The summed E-state index contributed by atoms with van der Waals surface area (Å²) in [6.07, 6.45) is 3.91. The summed E-state index contributed by atoms with van der Waals surface area (Å²) in [6.45, 7) is 1.79. The van der Waals surface area contributed by atoms with Crippen LogP contribution in [0.15, 0.2) is 24.3 Å². The summed E-state index contributed by atoms with van der Waals surface area (Å²) in [6, 6.07) is 5.20. The van der Waals surface area contributed by atoms with Crippen LogP contribution in [-0.2, 0) is 19.6 Å². The third-order valence-electron chi connectivity index (χ3n) is 2.17. The number of aryl methyl sites for hydroxylation is 1. The van der Waals surface area contributed by atoms with E-state index in [1.165, 1.54) is 13.2 Å². The molecule has 0 saturated heterocycles. The Labute approximate surface area is 107 Å². The molecule has 0 unspecified atom stereocenters. The number of carbonyl (C=O) groups is 1. The van der Waals surface area contributed by atoms with Crippen LogP contribution in [-0.4, -0.2) is 27.8 Å². The Bertz CT molecular complexity index is 576. The lowest BCUT2D eigenvalue weighted by molar-refractivity contribution is -0.134. The van der Waals surface area contributed by atoms with E-state index in [1.807, 2.05) is 0 Å². The highest BCUT2D eigenvalue weighted by molar-refractivity contribution is 7.92. The van der Waals surface area contributed by atoms with Crippen LogP contribution in [0.4, 0.5) is 5.69 Å². The van der Waals surface area contributed by atoms with Gasteiger partial charge >= 0.3 is 5.97 Å². The third-order valence-corrected chi connectivity index (χ3v) is 2.76. The van der Waals surface area contributed by atoms with E-state index in [9.17, 15) is 13.2 Å². The van der Waals surface area contributed by atoms with Crippen molar-refractivity contribution < 1.29 is 17.9 Å². The second-order valence-electron chi connectivity index (χ2n) is 3.81. The number of hydrogen-bond acceptors (Lipinski definition) is 4. The average Bonchev–Trinajstić information content (AvgIpc) is 2.28. The van der Waals surface area contributed by atoms with Gasteiger partial charge in [-0.3, -0.25) is 4.72 Å². The molecule has 0 aliphatic heterocycles. The molecular formula is C12H15NO4S. The van der Waals surface area contributed by atoms with Gasteiger partial charge in [-0.1, -0.05) is 12.1 Å². The predicted octanol–water partition coefficient (Wildman–Crippen LogP) is 1.55. The summed E-state index contributed by atoms with van der Waals surface area (Å²) in [5.74, 6) is -0.465. The molecule has 0 radical (unpaired) electrons. The van der Waals surface area contributed by atoms with E-state index in [-0.39, 0.29) is 0 Å². The Balaban J connectivity index is 3.01. The number of carbonyl (C=O) groups excluding carboxylic acids is 1. The molecule has 6 heteroatoms. The van der Waals surface area contributed by atoms with Gasteiger partial charge < -0.3 is 4.74 Å². The van der Waals surface area contributed by atoms with E-state index < -0.39 is 16.0 Å². The highest BCUT2D eigenvalue weighted by atomic mass is 32.2. The van der Waals surface area contributed by atoms with E-state index in [1.54, 1.807) is 31.2 Å². The second-order valence-corrected chi connectivity index (χ2v) is 5.55. The van der Waals surface area contributed by atoms with Crippen LogP contribution in [0.5, 0.6) is 0 Å². The molecule has 1 aromatic rings. The van der Waals surface area contributed by atoms with Crippen molar-refractivity contribution in [3.63, 3.8) is 0 Å². The first kappa shape index (κ1) is 14.2. The zero-order chi connectivity index (χ0) is 13.8. The van der Waals surface area contributed by atoms with Gasteiger partial charge in [0.15, 0.2) is 0 Å². The first-order valence-corrected chi connectivity index (χ1v) is 7.05. The Morgan fingerprint density at radius 2 is 2.06 bits per heavy atom. The Kier molecular flexibility index (Phi) is 4.49. The summed E-state index contributed by atoms with van der Waals surface area (Å²) < 4.78 is 29.2. The fraction of sp³-hybridized carbons (Fsp3) is 0.250. The quantitative estimate of drug-likeness (QED) is 0.665. The van der Waals surface area contributed by atoms with Gasteiger partial charge in [0.05, 0.1) is 19.1 Å². The summed E-state index contributed by atoms with van der Waals surface area (Å²) in [5, 5.41) is 0.